The molecule has 0 saturated heterocycles. The van der Waals surface area contributed by atoms with Gasteiger partial charge in [0.1, 0.15) is 0 Å². The highest BCUT2D eigenvalue weighted by Gasteiger charge is 1.99. The first-order chi connectivity index (χ1) is 7.85. The van der Waals surface area contributed by atoms with Crippen molar-refractivity contribution in [3.63, 3.8) is 0 Å². The van der Waals surface area contributed by atoms with Gasteiger partial charge in [0.25, 0.3) is 10.1 Å². The maximum Gasteiger partial charge on any atom is 0.264 e. The molecule has 0 aliphatic carbocycles. The molecule has 0 atom stereocenters. The van der Waals surface area contributed by atoms with Crippen LogP contribution in [-0.2, 0) is 14.3 Å². The van der Waals surface area contributed by atoms with Gasteiger partial charge in [-0.15, -0.1) is 0 Å². The molecular formula is C9H19N3O3S2. The van der Waals surface area contributed by atoms with Gasteiger partial charge in [0.2, 0.25) is 0 Å². The fourth-order valence-corrected chi connectivity index (χ4v) is 1.77. The van der Waals surface area contributed by atoms with Crippen LogP contribution in [0.3, 0.4) is 0 Å². The first-order valence-corrected chi connectivity index (χ1v) is 7.94. The Morgan fingerprint density at radius 1 is 1.59 bits per heavy atom. The average Bonchev–Trinajstić information content (AvgIpc) is 2.19. The second-order valence-corrected chi connectivity index (χ2v) is 5.81. The molecule has 0 bridgehead atoms. The van der Waals surface area contributed by atoms with E-state index in [2.05, 4.69) is 9.50 Å². The van der Waals surface area contributed by atoms with Crippen LogP contribution < -0.4 is 5.32 Å². The maximum atomic E-state index is 10.6. The molecule has 0 aromatic carbocycles. The van der Waals surface area contributed by atoms with Crippen LogP contribution in [0.15, 0.2) is 12.4 Å². The Morgan fingerprint density at radius 3 is 2.71 bits per heavy atom. The fourth-order valence-electron chi connectivity index (χ4n) is 0.883. The predicted octanol–water partition coefficient (Wildman–Crippen LogP) is 0.643. The number of nitrogens with zero attached hydrogens (tertiary/aromatic N) is 1. The highest BCUT2D eigenvalue weighted by molar-refractivity contribution is 7.96. The quantitative estimate of drug-likeness (QED) is 0.279. The molecule has 0 radical (unpaired) electrons. The van der Waals surface area contributed by atoms with Gasteiger partial charge in [0.05, 0.1) is 19.4 Å². The lowest BCUT2D eigenvalue weighted by molar-refractivity contribution is 0.324. The Bertz CT molecular complexity index is 354. The number of nitrogens with one attached hydrogen (secondary N) is 2. The highest BCUT2D eigenvalue weighted by atomic mass is 32.2. The normalized spacial score (nSPS) is 11.7. The topological polar surface area (TPSA) is 82.5 Å². The van der Waals surface area contributed by atoms with E-state index in [-0.39, 0.29) is 6.61 Å². The summed E-state index contributed by atoms with van der Waals surface area (Å²) in [6.45, 7) is 2.81. The molecule has 6 nitrogen and oxygen atoms in total. The predicted molar refractivity (Wildman–Crippen MR) is 71.6 cm³/mol. The van der Waals surface area contributed by atoms with E-state index in [0.29, 0.717) is 18.8 Å². The van der Waals surface area contributed by atoms with E-state index in [4.69, 9.17) is 5.41 Å². The molecule has 0 fully saturated rings. The van der Waals surface area contributed by atoms with Crippen LogP contribution in [0, 0.1) is 5.41 Å². The smallest absolute Gasteiger partial charge is 0.264 e. The van der Waals surface area contributed by atoms with Gasteiger partial charge in [-0.2, -0.15) is 8.42 Å². The molecule has 0 aromatic rings. The van der Waals surface area contributed by atoms with Gasteiger partial charge in [-0.3, -0.25) is 4.18 Å². The number of hydrogen-bond donors (Lipinski definition) is 2. The van der Waals surface area contributed by atoms with Crippen LogP contribution in [-0.4, -0.2) is 50.6 Å². The summed E-state index contributed by atoms with van der Waals surface area (Å²) < 4.78 is 27.7. The highest BCUT2D eigenvalue weighted by Crippen LogP contribution is 2.04. The molecule has 0 unspecified atom stereocenters. The van der Waals surface area contributed by atoms with Crippen LogP contribution >= 0.6 is 11.9 Å². The van der Waals surface area contributed by atoms with Gasteiger partial charge in [-0.25, -0.2) is 0 Å². The molecule has 0 aliphatic heterocycles. The molecule has 0 aromatic heterocycles. The van der Waals surface area contributed by atoms with Crippen molar-refractivity contribution in [3.8, 4) is 0 Å². The summed E-state index contributed by atoms with van der Waals surface area (Å²) in [7, 11) is -3.35. The second-order valence-electron chi connectivity index (χ2n) is 3.33. The lowest BCUT2D eigenvalue weighted by atomic mass is 10.4. The van der Waals surface area contributed by atoms with Gasteiger partial charge in [0.15, 0.2) is 0 Å². The third-order valence-electron chi connectivity index (χ3n) is 1.53. The van der Waals surface area contributed by atoms with Gasteiger partial charge < -0.3 is 15.0 Å². The lowest BCUT2D eigenvalue weighted by Gasteiger charge is -2.15. The summed E-state index contributed by atoms with van der Waals surface area (Å²) in [4.78, 5) is 0. The van der Waals surface area contributed by atoms with E-state index >= 15 is 0 Å². The lowest BCUT2D eigenvalue weighted by Crippen LogP contribution is -2.19. The molecule has 8 heteroatoms. The van der Waals surface area contributed by atoms with Gasteiger partial charge >= 0.3 is 0 Å². The number of hydrogen-bond acceptors (Lipinski definition) is 7. The van der Waals surface area contributed by atoms with Gasteiger partial charge in [-0.1, -0.05) is 11.9 Å². The summed E-state index contributed by atoms with van der Waals surface area (Å²) in [5, 5.41) is 10.2. The van der Waals surface area contributed by atoms with Crippen LogP contribution in [0.1, 0.15) is 6.92 Å². The van der Waals surface area contributed by atoms with Gasteiger partial charge in [-0.05, 0) is 6.92 Å². The Labute approximate surface area is 107 Å². The van der Waals surface area contributed by atoms with Crippen LogP contribution in [0.5, 0.6) is 0 Å². The molecule has 2 N–H and O–H groups in total. The molecule has 100 valence electrons. The van der Waals surface area contributed by atoms with Crippen molar-refractivity contribution in [1.29, 1.82) is 5.41 Å². The molecular weight excluding hydrogens is 262 g/mol. The van der Waals surface area contributed by atoms with Crippen molar-refractivity contribution < 1.29 is 12.6 Å². The van der Waals surface area contributed by atoms with Crippen molar-refractivity contribution in [2.45, 2.75) is 6.92 Å². The summed E-state index contributed by atoms with van der Waals surface area (Å²) in [6.07, 6.45) is 6.43. The number of rotatable bonds is 9. The zero-order valence-electron chi connectivity index (χ0n) is 10.3. The molecule has 0 rings (SSSR count). The first kappa shape index (κ1) is 16.3. The summed E-state index contributed by atoms with van der Waals surface area (Å²) in [5.74, 6) is 0. The van der Waals surface area contributed by atoms with Crippen LogP contribution in [0.25, 0.3) is 0 Å². The molecule has 17 heavy (non-hydrogen) atoms. The SMILES string of the molecule is CSN(/C=C\NCCOS(C)(=O)=O)CC(C)=N. The molecule has 0 saturated carbocycles. The van der Waals surface area contributed by atoms with Crippen LogP contribution in [0.2, 0.25) is 0 Å². The largest absolute Gasteiger partial charge is 0.387 e. The fraction of sp³-hybridized carbons (Fsp3) is 0.667. The van der Waals surface area contributed by atoms with Crippen molar-refractivity contribution in [2.24, 2.45) is 0 Å². The Balaban J connectivity index is 3.75. The molecule has 0 amide bonds. The van der Waals surface area contributed by atoms with E-state index in [1.165, 1.54) is 11.9 Å². The monoisotopic (exact) mass is 281 g/mol. The molecule has 0 spiro atoms. The van der Waals surface area contributed by atoms with E-state index in [1.807, 2.05) is 10.6 Å². The standard InChI is InChI=1S/C9H19N3O3S2/c1-9(10)8-12(16-2)6-4-11-5-7-15-17(3,13)14/h4,6,10-11H,5,7-8H2,1-3H3/b6-4-,10-9?. The first-order valence-electron chi connectivity index (χ1n) is 4.94. The minimum Gasteiger partial charge on any atom is -0.387 e. The zero-order chi connectivity index (χ0) is 13.3. The van der Waals surface area contributed by atoms with Crippen molar-refractivity contribution in [3.05, 3.63) is 12.4 Å². The third kappa shape index (κ3) is 11.5. The minimum atomic E-state index is -3.35. The second kappa shape index (κ2) is 8.37. The average molecular weight is 281 g/mol. The van der Waals surface area contributed by atoms with E-state index in [1.54, 1.807) is 19.3 Å². The Kier molecular flexibility index (Phi) is 8.01. The van der Waals surface area contributed by atoms with Crippen molar-refractivity contribution >= 4 is 27.8 Å². The van der Waals surface area contributed by atoms with Gasteiger partial charge in [0, 0.05) is 30.9 Å². The van der Waals surface area contributed by atoms with Crippen molar-refractivity contribution in [2.75, 3.05) is 32.2 Å². The minimum absolute atomic E-state index is 0.103. The molecule has 0 aliphatic rings. The summed E-state index contributed by atoms with van der Waals surface area (Å²) in [5.41, 5.74) is 0.574. The van der Waals surface area contributed by atoms with E-state index in [9.17, 15) is 8.42 Å². The third-order valence-corrected chi connectivity index (χ3v) is 2.84. The van der Waals surface area contributed by atoms with E-state index < -0.39 is 10.1 Å². The summed E-state index contributed by atoms with van der Waals surface area (Å²) in [6, 6.07) is 0. The Hall–Kier alpha value is -0.730. The van der Waals surface area contributed by atoms with E-state index in [0.717, 1.165) is 6.26 Å². The zero-order valence-corrected chi connectivity index (χ0v) is 11.9. The summed E-state index contributed by atoms with van der Waals surface area (Å²) >= 11 is 1.50. The molecule has 0 heterocycles. The maximum absolute atomic E-state index is 10.6. The van der Waals surface area contributed by atoms with Crippen LogP contribution in [0.4, 0.5) is 0 Å². The van der Waals surface area contributed by atoms with Crippen molar-refractivity contribution in [1.82, 2.24) is 9.62 Å². The Morgan fingerprint density at radius 2 is 2.24 bits per heavy atom.